The molecule has 1 aromatic carbocycles. The van der Waals surface area contributed by atoms with Crippen LogP contribution in [0.3, 0.4) is 0 Å². The number of hydrogen-bond donors (Lipinski definition) is 2. The average molecular weight is 272 g/mol. The minimum atomic E-state index is -3.64. The molecule has 18 heavy (non-hydrogen) atoms. The van der Waals surface area contributed by atoms with Gasteiger partial charge in [0, 0.05) is 18.8 Å². The van der Waals surface area contributed by atoms with Crippen LogP contribution >= 0.6 is 0 Å². The summed E-state index contributed by atoms with van der Waals surface area (Å²) in [6, 6.07) is 6.40. The number of benzene rings is 1. The number of unbranched alkanes of at least 4 members (excludes halogenated alkanes) is 1. The van der Waals surface area contributed by atoms with Gasteiger partial charge in [0.2, 0.25) is 10.0 Å². The zero-order chi connectivity index (χ0) is 13.6. The van der Waals surface area contributed by atoms with Crippen LogP contribution in [-0.2, 0) is 10.0 Å². The fourth-order valence-electron chi connectivity index (χ4n) is 1.69. The van der Waals surface area contributed by atoms with Crippen molar-refractivity contribution < 1.29 is 13.5 Å². The Morgan fingerprint density at radius 3 is 2.28 bits per heavy atom. The number of hydrogen-bond acceptors (Lipinski definition) is 4. The largest absolute Gasteiger partial charge is 0.395 e. The summed E-state index contributed by atoms with van der Waals surface area (Å²) in [5, 5.41) is 14.1. The van der Waals surface area contributed by atoms with Crippen molar-refractivity contribution in [2.24, 2.45) is 5.14 Å². The molecule has 102 valence electrons. The Morgan fingerprint density at radius 2 is 1.83 bits per heavy atom. The molecule has 0 aliphatic rings. The number of primary sulfonamides is 1. The highest BCUT2D eigenvalue weighted by Gasteiger charge is 2.09. The molecule has 0 atom stereocenters. The average Bonchev–Trinajstić information content (AvgIpc) is 2.33. The Morgan fingerprint density at radius 1 is 1.22 bits per heavy atom. The molecule has 0 aliphatic heterocycles. The summed E-state index contributed by atoms with van der Waals surface area (Å²) in [6.07, 6.45) is 2.09. The number of nitrogens with zero attached hydrogens (tertiary/aromatic N) is 1. The highest BCUT2D eigenvalue weighted by molar-refractivity contribution is 7.89. The maximum atomic E-state index is 11.1. The second-order valence-corrected chi connectivity index (χ2v) is 5.66. The SMILES string of the molecule is CCCCN(CCO)c1ccc(S(N)(=O)=O)cc1. The van der Waals surface area contributed by atoms with Gasteiger partial charge < -0.3 is 10.0 Å². The minimum absolute atomic E-state index is 0.0701. The normalized spacial score (nSPS) is 11.5. The smallest absolute Gasteiger partial charge is 0.238 e. The second kappa shape index (κ2) is 6.72. The van der Waals surface area contributed by atoms with E-state index in [0.29, 0.717) is 6.54 Å². The van der Waals surface area contributed by atoms with Gasteiger partial charge >= 0.3 is 0 Å². The van der Waals surface area contributed by atoms with Gasteiger partial charge in [-0.05, 0) is 30.7 Å². The van der Waals surface area contributed by atoms with E-state index < -0.39 is 10.0 Å². The van der Waals surface area contributed by atoms with E-state index in [1.165, 1.54) is 12.1 Å². The summed E-state index contributed by atoms with van der Waals surface area (Å²) in [5.74, 6) is 0. The monoisotopic (exact) mass is 272 g/mol. The van der Waals surface area contributed by atoms with Crippen LogP contribution < -0.4 is 10.0 Å². The molecule has 3 N–H and O–H groups in total. The molecule has 6 heteroatoms. The molecule has 0 heterocycles. The van der Waals surface area contributed by atoms with Crippen LogP contribution in [0.4, 0.5) is 5.69 Å². The molecule has 0 spiro atoms. The zero-order valence-corrected chi connectivity index (χ0v) is 11.4. The lowest BCUT2D eigenvalue weighted by atomic mass is 10.2. The maximum absolute atomic E-state index is 11.1. The predicted molar refractivity (Wildman–Crippen MR) is 72.0 cm³/mol. The maximum Gasteiger partial charge on any atom is 0.238 e. The van der Waals surface area contributed by atoms with Gasteiger partial charge in [-0.1, -0.05) is 13.3 Å². The van der Waals surface area contributed by atoms with Crippen LogP contribution in [0, 0.1) is 0 Å². The summed E-state index contributed by atoms with van der Waals surface area (Å²) in [7, 11) is -3.64. The molecule has 5 nitrogen and oxygen atoms in total. The third-order valence-electron chi connectivity index (χ3n) is 2.68. The standard InChI is InChI=1S/C12H20N2O3S/c1-2-3-8-14(9-10-15)11-4-6-12(7-5-11)18(13,16)17/h4-7,15H,2-3,8-10H2,1H3,(H2,13,16,17). The van der Waals surface area contributed by atoms with Crippen molar-refractivity contribution in [1.29, 1.82) is 0 Å². The van der Waals surface area contributed by atoms with E-state index in [-0.39, 0.29) is 11.5 Å². The molecule has 0 fully saturated rings. The quantitative estimate of drug-likeness (QED) is 0.773. The van der Waals surface area contributed by atoms with Crippen LogP contribution in [0.1, 0.15) is 19.8 Å². The first-order valence-corrected chi connectivity index (χ1v) is 7.52. The van der Waals surface area contributed by atoms with Crippen LogP contribution in [0.15, 0.2) is 29.2 Å². The Kier molecular flexibility index (Phi) is 5.58. The van der Waals surface area contributed by atoms with Gasteiger partial charge in [0.15, 0.2) is 0 Å². The molecule has 1 rings (SSSR count). The zero-order valence-electron chi connectivity index (χ0n) is 10.5. The molecule has 0 unspecified atom stereocenters. The van der Waals surface area contributed by atoms with Crippen LogP contribution in [0.5, 0.6) is 0 Å². The van der Waals surface area contributed by atoms with Crippen molar-refractivity contribution in [3.8, 4) is 0 Å². The van der Waals surface area contributed by atoms with Gasteiger partial charge in [0.25, 0.3) is 0 Å². The number of nitrogens with two attached hydrogens (primary N) is 1. The first-order chi connectivity index (χ1) is 8.49. The van der Waals surface area contributed by atoms with E-state index in [1.54, 1.807) is 12.1 Å². The number of aliphatic hydroxyl groups excluding tert-OH is 1. The Labute approximate surface area is 108 Å². The third kappa shape index (κ3) is 4.29. The van der Waals surface area contributed by atoms with Crippen LogP contribution in [0.2, 0.25) is 0 Å². The lowest BCUT2D eigenvalue weighted by molar-refractivity contribution is 0.301. The molecule has 0 radical (unpaired) electrons. The van der Waals surface area contributed by atoms with Gasteiger partial charge in [-0.25, -0.2) is 13.6 Å². The Hall–Kier alpha value is -1.11. The first kappa shape index (κ1) is 14.9. The summed E-state index contributed by atoms with van der Waals surface area (Å²) in [5.41, 5.74) is 0.893. The van der Waals surface area contributed by atoms with Gasteiger partial charge in [-0.3, -0.25) is 0 Å². The molecule has 0 bridgehead atoms. The van der Waals surface area contributed by atoms with E-state index >= 15 is 0 Å². The Balaban J connectivity index is 2.86. The molecule has 0 saturated heterocycles. The number of anilines is 1. The lowest BCUT2D eigenvalue weighted by Gasteiger charge is -2.23. The van der Waals surface area contributed by atoms with Crippen LogP contribution in [-0.4, -0.2) is 33.2 Å². The number of aliphatic hydroxyl groups is 1. The van der Waals surface area contributed by atoms with Crippen molar-refractivity contribution in [3.63, 3.8) is 0 Å². The van der Waals surface area contributed by atoms with Gasteiger partial charge in [0.05, 0.1) is 11.5 Å². The van der Waals surface area contributed by atoms with Crippen molar-refractivity contribution in [1.82, 2.24) is 0 Å². The first-order valence-electron chi connectivity index (χ1n) is 5.97. The minimum Gasteiger partial charge on any atom is -0.395 e. The lowest BCUT2D eigenvalue weighted by Crippen LogP contribution is -2.27. The van der Waals surface area contributed by atoms with E-state index in [1.807, 2.05) is 4.90 Å². The fourth-order valence-corrected chi connectivity index (χ4v) is 2.20. The molecule has 0 amide bonds. The number of rotatable bonds is 7. The van der Waals surface area contributed by atoms with Crippen molar-refractivity contribution >= 4 is 15.7 Å². The van der Waals surface area contributed by atoms with Crippen molar-refractivity contribution in [3.05, 3.63) is 24.3 Å². The van der Waals surface area contributed by atoms with Gasteiger partial charge in [-0.15, -0.1) is 0 Å². The van der Waals surface area contributed by atoms with Crippen molar-refractivity contribution in [2.45, 2.75) is 24.7 Å². The summed E-state index contributed by atoms with van der Waals surface area (Å²) >= 11 is 0. The third-order valence-corrected chi connectivity index (χ3v) is 3.61. The van der Waals surface area contributed by atoms with Crippen LogP contribution in [0.25, 0.3) is 0 Å². The van der Waals surface area contributed by atoms with Crippen molar-refractivity contribution in [2.75, 3.05) is 24.6 Å². The Bertz CT molecular complexity index is 457. The molecular weight excluding hydrogens is 252 g/mol. The highest BCUT2D eigenvalue weighted by atomic mass is 32.2. The molecule has 0 aliphatic carbocycles. The molecule has 1 aromatic rings. The van der Waals surface area contributed by atoms with E-state index in [4.69, 9.17) is 10.2 Å². The number of sulfonamides is 1. The highest BCUT2D eigenvalue weighted by Crippen LogP contribution is 2.17. The second-order valence-electron chi connectivity index (χ2n) is 4.10. The summed E-state index contributed by atoms with van der Waals surface area (Å²) in [4.78, 5) is 2.13. The topological polar surface area (TPSA) is 83.6 Å². The van der Waals surface area contributed by atoms with E-state index in [2.05, 4.69) is 6.92 Å². The summed E-state index contributed by atoms with van der Waals surface area (Å²) < 4.78 is 22.3. The molecular formula is C12H20N2O3S. The summed E-state index contributed by atoms with van der Waals surface area (Å²) in [6.45, 7) is 3.54. The van der Waals surface area contributed by atoms with E-state index in [0.717, 1.165) is 25.1 Å². The predicted octanol–water partition coefficient (Wildman–Crippen LogP) is 0.933. The van der Waals surface area contributed by atoms with Gasteiger partial charge in [-0.2, -0.15) is 0 Å². The fraction of sp³-hybridized carbons (Fsp3) is 0.500. The molecule has 0 saturated carbocycles. The molecule has 0 aromatic heterocycles. The van der Waals surface area contributed by atoms with E-state index in [9.17, 15) is 8.42 Å². The van der Waals surface area contributed by atoms with Gasteiger partial charge in [0.1, 0.15) is 0 Å².